The second-order valence-corrected chi connectivity index (χ2v) is 3.24. The number of nitriles is 1. The maximum Gasteiger partial charge on any atom is 0.171 e. The molecule has 0 fully saturated rings. The van der Waals surface area contributed by atoms with Gasteiger partial charge in [-0.2, -0.15) is 5.26 Å². The molecule has 3 N–H and O–H groups in total. The average Bonchev–Trinajstić information content (AvgIpc) is 2.36. The van der Waals surface area contributed by atoms with Crippen molar-refractivity contribution in [2.45, 2.75) is 12.5 Å². The molecule has 1 heterocycles. The highest BCUT2D eigenvalue weighted by atomic mass is 32.1. The van der Waals surface area contributed by atoms with Crippen LogP contribution < -0.4 is 5.73 Å². The molecule has 11 heavy (non-hydrogen) atoms. The molecule has 1 aromatic heterocycles. The minimum absolute atomic E-state index is 0.244. The van der Waals surface area contributed by atoms with Gasteiger partial charge >= 0.3 is 0 Å². The van der Waals surface area contributed by atoms with E-state index in [2.05, 4.69) is 0 Å². The first kappa shape index (κ1) is 8.05. The molecule has 4 heteroatoms. The summed E-state index contributed by atoms with van der Waals surface area (Å²) < 4.78 is 0. The van der Waals surface area contributed by atoms with Crippen LogP contribution in [0.25, 0.3) is 0 Å². The second-order valence-electron chi connectivity index (χ2n) is 2.14. The van der Waals surface area contributed by atoms with Gasteiger partial charge in [-0.3, -0.25) is 0 Å². The minimum Gasteiger partial charge on any atom is -0.499 e. The number of thiophene rings is 1. The molecule has 0 aliphatic carbocycles. The Morgan fingerprint density at radius 1 is 1.73 bits per heavy atom. The molecular formula is C7H8N2OS. The van der Waals surface area contributed by atoms with Crippen molar-refractivity contribution in [3.8, 4) is 11.1 Å². The van der Waals surface area contributed by atoms with Crippen molar-refractivity contribution in [1.29, 1.82) is 5.26 Å². The van der Waals surface area contributed by atoms with E-state index in [0.717, 1.165) is 4.88 Å². The van der Waals surface area contributed by atoms with Crippen LogP contribution >= 0.6 is 11.3 Å². The molecule has 0 radical (unpaired) electrons. The molecule has 0 bridgehead atoms. The lowest BCUT2D eigenvalue weighted by Gasteiger charge is -2.01. The molecule has 1 atom stereocenters. The van der Waals surface area contributed by atoms with E-state index in [-0.39, 0.29) is 11.1 Å². The summed E-state index contributed by atoms with van der Waals surface area (Å²) >= 11 is 1.22. The molecule has 0 saturated carbocycles. The summed E-state index contributed by atoms with van der Waals surface area (Å²) in [4.78, 5) is 0.851. The smallest absolute Gasteiger partial charge is 0.171 e. The zero-order chi connectivity index (χ0) is 8.27. The van der Waals surface area contributed by atoms with Gasteiger partial charge in [0.2, 0.25) is 0 Å². The van der Waals surface area contributed by atoms with E-state index in [1.54, 1.807) is 12.1 Å². The Kier molecular flexibility index (Phi) is 2.47. The predicted molar refractivity (Wildman–Crippen MR) is 43.1 cm³/mol. The second kappa shape index (κ2) is 3.37. The summed E-state index contributed by atoms with van der Waals surface area (Å²) in [5, 5.41) is 17.5. The van der Waals surface area contributed by atoms with Crippen molar-refractivity contribution in [1.82, 2.24) is 0 Å². The van der Waals surface area contributed by atoms with Crippen molar-refractivity contribution < 1.29 is 5.11 Å². The SMILES string of the molecule is N#CC[C@H](N)c1ccc(O)s1. The van der Waals surface area contributed by atoms with Crippen molar-refractivity contribution in [2.75, 3.05) is 0 Å². The monoisotopic (exact) mass is 168 g/mol. The fourth-order valence-electron chi connectivity index (χ4n) is 0.740. The highest BCUT2D eigenvalue weighted by Gasteiger charge is 2.07. The quantitative estimate of drug-likeness (QED) is 0.700. The highest BCUT2D eigenvalue weighted by molar-refractivity contribution is 7.13. The first-order chi connectivity index (χ1) is 5.24. The number of nitrogens with two attached hydrogens (primary N) is 1. The maximum absolute atomic E-state index is 8.95. The number of hydrogen-bond donors (Lipinski definition) is 2. The van der Waals surface area contributed by atoms with Crippen LogP contribution in [0.15, 0.2) is 12.1 Å². The predicted octanol–water partition coefficient (Wildman–Crippen LogP) is 1.37. The molecule has 1 aromatic rings. The van der Waals surface area contributed by atoms with E-state index >= 15 is 0 Å². The lowest BCUT2D eigenvalue weighted by atomic mass is 10.2. The van der Waals surface area contributed by atoms with Gasteiger partial charge in [0, 0.05) is 4.88 Å². The molecule has 3 nitrogen and oxygen atoms in total. The summed E-state index contributed by atoms with van der Waals surface area (Å²) in [6.45, 7) is 0. The summed E-state index contributed by atoms with van der Waals surface area (Å²) in [5.41, 5.74) is 5.60. The van der Waals surface area contributed by atoms with E-state index in [0.29, 0.717) is 6.42 Å². The van der Waals surface area contributed by atoms with Gasteiger partial charge < -0.3 is 10.8 Å². The van der Waals surface area contributed by atoms with Gasteiger partial charge in [0.15, 0.2) is 5.06 Å². The Hall–Kier alpha value is -1.05. The molecule has 0 aliphatic heterocycles. The average molecular weight is 168 g/mol. The third kappa shape index (κ3) is 1.93. The number of hydrogen-bond acceptors (Lipinski definition) is 4. The lowest BCUT2D eigenvalue weighted by molar-refractivity contribution is 0.491. The summed E-state index contributed by atoms with van der Waals surface area (Å²) in [7, 11) is 0. The zero-order valence-electron chi connectivity index (χ0n) is 5.82. The van der Waals surface area contributed by atoms with Crippen LogP contribution in [-0.2, 0) is 0 Å². The fourth-order valence-corrected chi connectivity index (χ4v) is 1.49. The van der Waals surface area contributed by atoms with Crippen molar-refractivity contribution in [2.24, 2.45) is 5.73 Å². The van der Waals surface area contributed by atoms with Crippen LogP contribution in [0, 0.1) is 11.3 Å². The highest BCUT2D eigenvalue weighted by Crippen LogP contribution is 2.27. The summed E-state index contributed by atoms with van der Waals surface area (Å²) in [5.74, 6) is 0. The van der Waals surface area contributed by atoms with Gasteiger partial charge in [-0.1, -0.05) is 0 Å². The molecule has 0 spiro atoms. The van der Waals surface area contributed by atoms with Crippen LogP contribution in [0.4, 0.5) is 0 Å². The lowest BCUT2D eigenvalue weighted by Crippen LogP contribution is -2.06. The fraction of sp³-hybridized carbons (Fsp3) is 0.286. The third-order valence-corrected chi connectivity index (χ3v) is 2.31. The van der Waals surface area contributed by atoms with Crippen LogP contribution in [-0.4, -0.2) is 5.11 Å². The molecular weight excluding hydrogens is 160 g/mol. The van der Waals surface area contributed by atoms with Gasteiger partial charge in [0.1, 0.15) is 0 Å². The Morgan fingerprint density at radius 3 is 2.91 bits per heavy atom. The number of nitrogens with zero attached hydrogens (tertiary/aromatic N) is 1. The van der Waals surface area contributed by atoms with E-state index in [9.17, 15) is 0 Å². The van der Waals surface area contributed by atoms with Crippen molar-refractivity contribution in [3.63, 3.8) is 0 Å². The first-order valence-electron chi connectivity index (χ1n) is 3.15. The summed E-state index contributed by atoms with van der Waals surface area (Å²) in [6, 6.07) is 5.04. The molecule has 0 saturated heterocycles. The van der Waals surface area contributed by atoms with Crippen molar-refractivity contribution >= 4 is 11.3 Å². The van der Waals surface area contributed by atoms with E-state index in [1.165, 1.54) is 11.3 Å². The first-order valence-corrected chi connectivity index (χ1v) is 3.97. The molecule has 0 unspecified atom stereocenters. The van der Waals surface area contributed by atoms with Crippen LogP contribution in [0.2, 0.25) is 0 Å². The van der Waals surface area contributed by atoms with E-state index in [4.69, 9.17) is 16.1 Å². The van der Waals surface area contributed by atoms with Gasteiger partial charge in [-0.15, -0.1) is 11.3 Å². The Labute approximate surface area is 68.7 Å². The van der Waals surface area contributed by atoms with Crippen LogP contribution in [0.5, 0.6) is 5.06 Å². The number of aromatic hydroxyl groups is 1. The van der Waals surface area contributed by atoms with E-state index < -0.39 is 0 Å². The molecule has 0 aromatic carbocycles. The standard InChI is InChI=1S/C7H8N2OS/c8-4-3-5(9)6-1-2-7(10)11-6/h1-2,5,10H,3,9H2/t5-/m0/s1. The Balaban J connectivity index is 2.70. The van der Waals surface area contributed by atoms with Gasteiger partial charge in [-0.05, 0) is 12.1 Å². The van der Waals surface area contributed by atoms with Gasteiger partial charge in [-0.25, -0.2) is 0 Å². The topological polar surface area (TPSA) is 70.0 Å². The zero-order valence-corrected chi connectivity index (χ0v) is 6.64. The Bertz CT molecular complexity index is 276. The normalized spacial score (nSPS) is 12.4. The number of rotatable bonds is 2. The maximum atomic E-state index is 8.95. The summed E-state index contributed by atoms with van der Waals surface area (Å²) in [6.07, 6.45) is 0.292. The molecule has 0 aliphatic rings. The van der Waals surface area contributed by atoms with E-state index in [1.807, 2.05) is 6.07 Å². The van der Waals surface area contributed by atoms with Gasteiger partial charge in [0.25, 0.3) is 0 Å². The molecule has 0 amide bonds. The molecule has 1 rings (SSSR count). The minimum atomic E-state index is -0.258. The van der Waals surface area contributed by atoms with Crippen LogP contribution in [0.3, 0.4) is 0 Å². The Morgan fingerprint density at radius 2 is 2.45 bits per heavy atom. The third-order valence-electron chi connectivity index (χ3n) is 1.29. The largest absolute Gasteiger partial charge is 0.499 e. The van der Waals surface area contributed by atoms with Gasteiger partial charge in [0.05, 0.1) is 18.5 Å². The molecule has 58 valence electrons. The van der Waals surface area contributed by atoms with Crippen molar-refractivity contribution in [3.05, 3.63) is 17.0 Å². The van der Waals surface area contributed by atoms with Crippen LogP contribution in [0.1, 0.15) is 17.3 Å².